The topological polar surface area (TPSA) is 75.2 Å². The van der Waals surface area contributed by atoms with Crippen LogP contribution in [-0.4, -0.2) is 54.1 Å². The molecular weight excluding hydrogens is 371 g/mol. The number of pyridine rings is 1. The van der Waals surface area contributed by atoms with E-state index in [0.717, 1.165) is 25.2 Å². The summed E-state index contributed by atoms with van der Waals surface area (Å²) in [6.07, 6.45) is 2.67. The van der Waals surface area contributed by atoms with Crippen LogP contribution < -0.4 is 15.4 Å². The Labute approximate surface area is 170 Å². The van der Waals surface area contributed by atoms with E-state index in [-0.39, 0.29) is 5.75 Å². The minimum Gasteiger partial charge on any atom is -0.494 e. The van der Waals surface area contributed by atoms with Crippen molar-refractivity contribution in [2.24, 2.45) is 0 Å². The van der Waals surface area contributed by atoms with Crippen LogP contribution in [0.15, 0.2) is 48.7 Å². The molecule has 0 radical (unpaired) electrons. The number of nitrogens with zero attached hydrogens (tertiary/aromatic N) is 4. The Kier molecular flexibility index (Phi) is 6.91. The van der Waals surface area contributed by atoms with Crippen molar-refractivity contribution >= 4 is 17.5 Å². The lowest BCUT2D eigenvalue weighted by atomic mass is 10.2. The maximum absolute atomic E-state index is 14.0. The van der Waals surface area contributed by atoms with Crippen LogP contribution in [-0.2, 0) is 0 Å². The molecule has 7 nitrogen and oxygen atoms in total. The first kappa shape index (κ1) is 20.5. The highest BCUT2D eigenvalue weighted by Crippen LogP contribution is 2.25. The molecule has 152 valence electrons. The lowest BCUT2D eigenvalue weighted by molar-refractivity contribution is 0.386. The smallest absolute Gasteiger partial charge is 0.225 e. The minimum atomic E-state index is -0.446. The molecule has 2 N–H and O–H groups in total. The van der Waals surface area contributed by atoms with Crippen LogP contribution in [0.3, 0.4) is 0 Å². The maximum atomic E-state index is 14.0. The Bertz CT molecular complexity index is 936. The standard InChI is InChI=1S/C21H25FN6O/c1-28(2)12-6-11-24-21-26-18(17-7-4-5-10-23-17)14-20(27-21)25-15-8-9-19(29-3)16(22)13-15/h4-5,7-10,13-14H,6,11-12H2,1-3H3,(H2,24,25,26,27). The van der Waals surface area contributed by atoms with Crippen molar-refractivity contribution in [1.29, 1.82) is 0 Å². The highest BCUT2D eigenvalue weighted by molar-refractivity contribution is 5.65. The first-order valence-electron chi connectivity index (χ1n) is 9.35. The fraction of sp³-hybridized carbons (Fsp3) is 0.286. The van der Waals surface area contributed by atoms with Gasteiger partial charge in [-0.25, -0.2) is 9.37 Å². The Morgan fingerprint density at radius 2 is 1.93 bits per heavy atom. The number of rotatable bonds is 9. The van der Waals surface area contributed by atoms with Crippen molar-refractivity contribution in [1.82, 2.24) is 19.9 Å². The van der Waals surface area contributed by atoms with Crippen LogP contribution in [0.1, 0.15) is 6.42 Å². The second-order valence-corrected chi connectivity index (χ2v) is 6.73. The lowest BCUT2D eigenvalue weighted by Crippen LogP contribution is -2.17. The molecule has 8 heteroatoms. The maximum Gasteiger partial charge on any atom is 0.225 e. The van der Waals surface area contributed by atoms with Gasteiger partial charge >= 0.3 is 0 Å². The third-order valence-corrected chi connectivity index (χ3v) is 4.14. The lowest BCUT2D eigenvalue weighted by Gasteiger charge is -2.13. The zero-order valence-corrected chi connectivity index (χ0v) is 16.8. The molecule has 0 bridgehead atoms. The first-order valence-corrected chi connectivity index (χ1v) is 9.35. The summed E-state index contributed by atoms with van der Waals surface area (Å²) in [5.74, 6) is 0.776. The number of hydrogen-bond acceptors (Lipinski definition) is 7. The van der Waals surface area contributed by atoms with Crippen LogP contribution >= 0.6 is 0 Å². The van der Waals surface area contributed by atoms with Gasteiger partial charge in [0.15, 0.2) is 11.6 Å². The van der Waals surface area contributed by atoms with Gasteiger partial charge in [0.1, 0.15) is 5.82 Å². The quantitative estimate of drug-likeness (QED) is 0.533. The molecule has 0 fully saturated rings. The van der Waals surface area contributed by atoms with Crippen molar-refractivity contribution in [2.45, 2.75) is 6.42 Å². The van der Waals surface area contributed by atoms with Crippen LogP contribution in [0, 0.1) is 5.82 Å². The Balaban J connectivity index is 1.84. The van der Waals surface area contributed by atoms with Crippen LogP contribution in [0.4, 0.5) is 21.8 Å². The van der Waals surface area contributed by atoms with Gasteiger partial charge in [0.05, 0.1) is 18.5 Å². The third-order valence-electron chi connectivity index (χ3n) is 4.14. The molecule has 0 aliphatic carbocycles. The second-order valence-electron chi connectivity index (χ2n) is 6.73. The molecule has 29 heavy (non-hydrogen) atoms. The number of aromatic nitrogens is 3. The Hall–Kier alpha value is -3.26. The van der Waals surface area contributed by atoms with Crippen molar-refractivity contribution < 1.29 is 9.13 Å². The molecule has 0 aliphatic heterocycles. The van der Waals surface area contributed by atoms with Crippen molar-refractivity contribution in [3.8, 4) is 17.1 Å². The van der Waals surface area contributed by atoms with Crippen LogP contribution in [0.25, 0.3) is 11.4 Å². The molecule has 0 spiro atoms. The average molecular weight is 396 g/mol. The van der Waals surface area contributed by atoms with Gasteiger partial charge < -0.3 is 20.3 Å². The molecule has 0 aliphatic rings. The van der Waals surface area contributed by atoms with E-state index in [1.165, 1.54) is 13.2 Å². The largest absolute Gasteiger partial charge is 0.494 e. The van der Waals surface area contributed by atoms with Gasteiger partial charge in [0, 0.05) is 30.6 Å². The molecule has 1 aromatic carbocycles. The summed E-state index contributed by atoms with van der Waals surface area (Å²) in [7, 11) is 5.51. The molecule has 0 saturated heterocycles. The summed E-state index contributed by atoms with van der Waals surface area (Å²) >= 11 is 0. The van der Waals surface area contributed by atoms with Gasteiger partial charge in [-0.05, 0) is 51.3 Å². The van der Waals surface area contributed by atoms with Gasteiger partial charge in [-0.15, -0.1) is 0 Å². The fourth-order valence-electron chi connectivity index (χ4n) is 2.72. The second kappa shape index (κ2) is 9.79. The van der Waals surface area contributed by atoms with Gasteiger partial charge in [0.2, 0.25) is 5.95 Å². The monoisotopic (exact) mass is 396 g/mol. The highest BCUT2D eigenvalue weighted by Gasteiger charge is 2.10. The SMILES string of the molecule is COc1ccc(Nc2cc(-c3ccccn3)nc(NCCCN(C)C)n2)cc1F. The van der Waals surface area contributed by atoms with E-state index in [1.54, 1.807) is 24.4 Å². The predicted molar refractivity (Wildman–Crippen MR) is 113 cm³/mol. The van der Waals surface area contributed by atoms with Gasteiger partial charge in [-0.1, -0.05) is 6.07 Å². The highest BCUT2D eigenvalue weighted by atomic mass is 19.1. The molecule has 2 heterocycles. The fourth-order valence-corrected chi connectivity index (χ4v) is 2.72. The van der Waals surface area contributed by atoms with Gasteiger partial charge in [-0.2, -0.15) is 4.98 Å². The number of benzene rings is 1. The summed E-state index contributed by atoms with van der Waals surface area (Å²) < 4.78 is 19.0. The van der Waals surface area contributed by atoms with Gasteiger partial charge in [-0.3, -0.25) is 4.98 Å². The zero-order chi connectivity index (χ0) is 20.6. The average Bonchev–Trinajstić information content (AvgIpc) is 2.72. The van der Waals surface area contributed by atoms with Crippen LogP contribution in [0.2, 0.25) is 0 Å². The summed E-state index contributed by atoms with van der Waals surface area (Å²) in [6, 6.07) is 12.1. The molecular formula is C21H25FN6O. The third kappa shape index (κ3) is 5.86. The molecule has 3 aromatic rings. The van der Waals surface area contributed by atoms with Gasteiger partial charge in [0.25, 0.3) is 0 Å². The normalized spacial score (nSPS) is 10.8. The number of hydrogen-bond donors (Lipinski definition) is 2. The summed E-state index contributed by atoms with van der Waals surface area (Å²) in [6.45, 7) is 1.70. The zero-order valence-electron chi connectivity index (χ0n) is 16.8. The van der Waals surface area contributed by atoms with E-state index in [1.807, 2.05) is 32.3 Å². The van der Waals surface area contributed by atoms with E-state index < -0.39 is 5.82 Å². The van der Waals surface area contributed by atoms with E-state index >= 15 is 0 Å². The number of ether oxygens (including phenoxy) is 1. The minimum absolute atomic E-state index is 0.190. The van der Waals surface area contributed by atoms with E-state index in [0.29, 0.717) is 23.1 Å². The van der Waals surface area contributed by atoms with E-state index in [2.05, 4.69) is 30.5 Å². The number of anilines is 3. The Morgan fingerprint density at radius 1 is 1.07 bits per heavy atom. The molecule has 0 amide bonds. The number of halogens is 1. The molecule has 3 rings (SSSR count). The Morgan fingerprint density at radius 3 is 2.62 bits per heavy atom. The van der Waals surface area contributed by atoms with E-state index in [4.69, 9.17) is 4.74 Å². The summed E-state index contributed by atoms with van der Waals surface area (Å²) in [4.78, 5) is 15.6. The predicted octanol–water partition coefficient (Wildman–Crippen LogP) is 3.79. The van der Waals surface area contributed by atoms with Crippen molar-refractivity contribution in [2.75, 3.05) is 44.9 Å². The summed E-state index contributed by atoms with van der Waals surface area (Å²) in [5, 5.41) is 6.39. The molecule has 0 unspecified atom stereocenters. The first-order chi connectivity index (χ1) is 14.0. The van der Waals surface area contributed by atoms with E-state index in [9.17, 15) is 4.39 Å². The van der Waals surface area contributed by atoms with Crippen molar-refractivity contribution in [3.05, 3.63) is 54.5 Å². The van der Waals surface area contributed by atoms with Crippen molar-refractivity contribution in [3.63, 3.8) is 0 Å². The molecule has 0 atom stereocenters. The molecule has 0 saturated carbocycles. The molecule has 2 aromatic heterocycles. The van der Waals surface area contributed by atoms with Crippen LogP contribution in [0.5, 0.6) is 5.75 Å². The summed E-state index contributed by atoms with van der Waals surface area (Å²) in [5.41, 5.74) is 1.97. The number of nitrogens with one attached hydrogen (secondary N) is 2. The number of methoxy groups -OCH3 is 1.